The highest BCUT2D eigenvalue weighted by Gasteiger charge is 2.30. The Kier molecular flexibility index (Phi) is 5.33. The van der Waals surface area contributed by atoms with Gasteiger partial charge in [-0.25, -0.2) is 4.79 Å². The summed E-state index contributed by atoms with van der Waals surface area (Å²) in [7, 11) is 0. The van der Waals surface area contributed by atoms with E-state index in [-0.39, 0.29) is 11.5 Å². The summed E-state index contributed by atoms with van der Waals surface area (Å²) >= 11 is 0. The van der Waals surface area contributed by atoms with Gasteiger partial charge in [-0.2, -0.15) is 0 Å². The summed E-state index contributed by atoms with van der Waals surface area (Å²) in [6.45, 7) is 3.07. The molecule has 0 heterocycles. The van der Waals surface area contributed by atoms with Gasteiger partial charge in [0.25, 0.3) is 0 Å². The molecule has 0 aliphatic heterocycles. The molecular weight excluding hydrogens is 270 g/mol. The number of carbonyl (C=O) groups is 2. The first-order valence-corrected chi connectivity index (χ1v) is 7.29. The number of nitrogens with one attached hydrogen (secondary N) is 1. The van der Waals surface area contributed by atoms with Crippen molar-refractivity contribution in [1.29, 1.82) is 0 Å². The lowest BCUT2D eigenvalue weighted by Crippen LogP contribution is -2.35. The lowest BCUT2D eigenvalue weighted by atomic mass is 9.80. The monoisotopic (exact) mass is 291 g/mol. The Bertz CT molecular complexity index is 509. The molecular formula is C16H21NO4. The molecule has 1 amide bonds. The second-order valence-electron chi connectivity index (χ2n) is 5.40. The summed E-state index contributed by atoms with van der Waals surface area (Å²) in [6.07, 6.45) is 2.74. The van der Waals surface area contributed by atoms with Crippen molar-refractivity contribution in [3.05, 3.63) is 35.4 Å². The third-order valence-corrected chi connectivity index (χ3v) is 3.73. The predicted molar refractivity (Wildman–Crippen MR) is 78.0 cm³/mol. The van der Waals surface area contributed by atoms with Crippen LogP contribution in [-0.4, -0.2) is 29.7 Å². The standard InChI is InChI=1S/C16H21NO4/c1-2-21-14-7-12(8-14)9-15(18)17-10-11-4-3-5-13(6-11)16(19)20/h3-6,12,14H,2,7-10H2,1H3,(H,17,18)(H,19,20). The second kappa shape index (κ2) is 7.22. The van der Waals surface area contributed by atoms with E-state index in [1.807, 2.05) is 6.92 Å². The number of aromatic carboxylic acids is 1. The van der Waals surface area contributed by atoms with Crippen molar-refractivity contribution in [2.24, 2.45) is 5.92 Å². The minimum absolute atomic E-state index is 0.00989. The van der Waals surface area contributed by atoms with Crippen LogP contribution in [0.3, 0.4) is 0 Å². The number of amides is 1. The lowest BCUT2D eigenvalue weighted by molar-refractivity contribution is -0.124. The van der Waals surface area contributed by atoms with Gasteiger partial charge in [0.2, 0.25) is 5.91 Å². The number of hydrogen-bond acceptors (Lipinski definition) is 3. The first-order valence-electron chi connectivity index (χ1n) is 7.29. The van der Waals surface area contributed by atoms with E-state index in [1.54, 1.807) is 18.2 Å². The van der Waals surface area contributed by atoms with Crippen LogP contribution in [0.25, 0.3) is 0 Å². The van der Waals surface area contributed by atoms with E-state index in [2.05, 4.69) is 5.32 Å². The van der Waals surface area contributed by atoms with Crippen LogP contribution < -0.4 is 5.32 Å². The Morgan fingerprint density at radius 3 is 2.81 bits per heavy atom. The van der Waals surface area contributed by atoms with Gasteiger partial charge in [0.15, 0.2) is 0 Å². The van der Waals surface area contributed by atoms with E-state index >= 15 is 0 Å². The molecule has 0 bridgehead atoms. The molecule has 0 saturated heterocycles. The zero-order valence-electron chi connectivity index (χ0n) is 12.2. The Labute approximate surface area is 124 Å². The summed E-state index contributed by atoms with van der Waals surface area (Å²) in [4.78, 5) is 22.7. The highest BCUT2D eigenvalue weighted by Crippen LogP contribution is 2.32. The Morgan fingerprint density at radius 2 is 2.14 bits per heavy atom. The van der Waals surface area contributed by atoms with E-state index < -0.39 is 5.97 Å². The molecule has 0 unspecified atom stereocenters. The third-order valence-electron chi connectivity index (χ3n) is 3.73. The Morgan fingerprint density at radius 1 is 1.38 bits per heavy atom. The molecule has 0 aromatic heterocycles. The third kappa shape index (κ3) is 4.56. The highest BCUT2D eigenvalue weighted by molar-refractivity contribution is 5.87. The number of hydrogen-bond donors (Lipinski definition) is 2. The van der Waals surface area contributed by atoms with Gasteiger partial charge in [-0.1, -0.05) is 12.1 Å². The van der Waals surface area contributed by atoms with Gasteiger partial charge >= 0.3 is 5.97 Å². The molecule has 1 aromatic rings. The van der Waals surface area contributed by atoms with Crippen LogP contribution in [0.15, 0.2) is 24.3 Å². The fraction of sp³-hybridized carbons (Fsp3) is 0.500. The lowest BCUT2D eigenvalue weighted by Gasteiger charge is -2.34. The molecule has 0 radical (unpaired) electrons. The maximum Gasteiger partial charge on any atom is 0.335 e. The fourth-order valence-corrected chi connectivity index (χ4v) is 2.56. The molecule has 1 saturated carbocycles. The zero-order valence-corrected chi connectivity index (χ0v) is 12.2. The smallest absolute Gasteiger partial charge is 0.335 e. The highest BCUT2D eigenvalue weighted by atomic mass is 16.5. The van der Waals surface area contributed by atoms with Crippen molar-refractivity contribution < 1.29 is 19.4 Å². The van der Waals surface area contributed by atoms with Crippen molar-refractivity contribution in [2.45, 2.75) is 38.8 Å². The number of carboxylic acid groups (broad SMARTS) is 1. The summed E-state index contributed by atoms with van der Waals surface area (Å²) < 4.78 is 5.47. The largest absolute Gasteiger partial charge is 0.478 e. The van der Waals surface area contributed by atoms with Gasteiger partial charge < -0.3 is 15.2 Å². The molecule has 1 aliphatic carbocycles. The average Bonchev–Trinajstić information content (AvgIpc) is 2.43. The molecule has 1 aromatic carbocycles. The topological polar surface area (TPSA) is 75.6 Å². The predicted octanol–water partition coefficient (Wildman–Crippen LogP) is 2.21. The summed E-state index contributed by atoms with van der Waals surface area (Å²) in [6, 6.07) is 6.61. The van der Waals surface area contributed by atoms with E-state index in [0.717, 1.165) is 25.0 Å². The van der Waals surface area contributed by atoms with Crippen molar-refractivity contribution in [2.75, 3.05) is 6.61 Å². The SMILES string of the molecule is CCOC1CC(CC(=O)NCc2cccc(C(=O)O)c2)C1. The van der Waals surface area contributed by atoms with Crippen LogP contribution in [0.1, 0.15) is 42.1 Å². The van der Waals surface area contributed by atoms with Crippen LogP contribution in [0.5, 0.6) is 0 Å². The van der Waals surface area contributed by atoms with E-state index in [1.165, 1.54) is 6.07 Å². The summed E-state index contributed by atoms with van der Waals surface area (Å²) in [5.74, 6) is -0.540. The van der Waals surface area contributed by atoms with Gasteiger partial charge in [-0.15, -0.1) is 0 Å². The second-order valence-corrected chi connectivity index (χ2v) is 5.40. The molecule has 21 heavy (non-hydrogen) atoms. The maximum absolute atomic E-state index is 11.8. The molecule has 114 valence electrons. The van der Waals surface area contributed by atoms with Crippen LogP contribution in [0.4, 0.5) is 0 Å². The first-order chi connectivity index (χ1) is 10.1. The van der Waals surface area contributed by atoms with Crippen molar-refractivity contribution in [1.82, 2.24) is 5.32 Å². The maximum atomic E-state index is 11.8. The van der Waals surface area contributed by atoms with Gasteiger partial charge in [0.05, 0.1) is 11.7 Å². The number of rotatable bonds is 7. The molecule has 5 nitrogen and oxygen atoms in total. The van der Waals surface area contributed by atoms with Gasteiger partial charge in [-0.05, 0) is 43.4 Å². The molecule has 2 rings (SSSR count). The van der Waals surface area contributed by atoms with Crippen LogP contribution in [0, 0.1) is 5.92 Å². The first kappa shape index (κ1) is 15.5. The molecule has 1 fully saturated rings. The van der Waals surface area contributed by atoms with Gasteiger partial charge in [-0.3, -0.25) is 4.79 Å². The van der Waals surface area contributed by atoms with Crippen LogP contribution in [0.2, 0.25) is 0 Å². The molecule has 2 N–H and O–H groups in total. The normalized spacial score (nSPS) is 20.6. The van der Waals surface area contributed by atoms with E-state index in [4.69, 9.17) is 9.84 Å². The van der Waals surface area contributed by atoms with Gasteiger partial charge in [0.1, 0.15) is 0 Å². The van der Waals surface area contributed by atoms with Crippen LogP contribution >= 0.6 is 0 Å². The minimum Gasteiger partial charge on any atom is -0.478 e. The Balaban J connectivity index is 1.72. The zero-order chi connectivity index (χ0) is 15.2. The van der Waals surface area contributed by atoms with Crippen molar-refractivity contribution in [3.8, 4) is 0 Å². The number of carboxylic acids is 1. The van der Waals surface area contributed by atoms with Crippen LogP contribution in [-0.2, 0) is 16.1 Å². The summed E-state index contributed by atoms with van der Waals surface area (Å²) in [5.41, 5.74) is 1.03. The molecule has 1 aliphatic rings. The van der Waals surface area contributed by atoms with Crippen molar-refractivity contribution in [3.63, 3.8) is 0 Å². The average molecular weight is 291 g/mol. The number of benzene rings is 1. The minimum atomic E-state index is -0.959. The quantitative estimate of drug-likeness (QED) is 0.807. The molecule has 0 atom stereocenters. The van der Waals surface area contributed by atoms with E-state index in [9.17, 15) is 9.59 Å². The Hall–Kier alpha value is -1.88. The van der Waals surface area contributed by atoms with E-state index in [0.29, 0.717) is 25.0 Å². The number of ether oxygens (including phenoxy) is 1. The molecule has 5 heteroatoms. The summed E-state index contributed by atoms with van der Waals surface area (Å²) in [5, 5.41) is 11.8. The van der Waals surface area contributed by atoms with Crippen molar-refractivity contribution >= 4 is 11.9 Å². The fourth-order valence-electron chi connectivity index (χ4n) is 2.56. The number of carbonyl (C=O) groups excluding carboxylic acids is 1. The van der Waals surface area contributed by atoms with Gasteiger partial charge in [0, 0.05) is 19.6 Å². The molecule has 0 spiro atoms.